The second-order valence-corrected chi connectivity index (χ2v) is 4.86. The number of aliphatic carboxylic acids is 1. The predicted molar refractivity (Wildman–Crippen MR) is 79.2 cm³/mol. The Balaban J connectivity index is 2.11. The van der Waals surface area contributed by atoms with E-state index in [4.69, 9.17) is 9.52 Å². The van der Waals surface area contributed by atoms with Crippen molar-refractivity contribution in [1.82, 2.24) is 0 Å². The van der Waals surface area contributed by atoms with Gasteiger partial charge in [0, 0.05) is 18.7 Å². The minimum Gasteiger partial charge on any atom is -0.481 e. The molecule has 0 spiro atoms. The molecule has 6 heteroatoms. The number of furan rings is 1. The smallest absolute Gasteiger partial charge is 0.307 e. The maximum absolute atomic E-state index is 12.2. The topological polar surface area (TPSA) is 96.6 Å². The fourth-order valence-electron chi connectivity index (χ4n) is 1.96. The summed E-state index contributed by atoms with van der Waals surface area (Å²) in [4.78, 5) is 34.0. The number of nitrogens with one attached hydrogen (secondary N) is 1. The van der Waals surface area contributed by atoms with Crippen LogP contribution in [0.4, 0.5) is 5.69 Å². The molecule has 0 atom stereocenters. The summed E-state index contributed by atoms with van der Waals surface area (Å²) in [6.07, 6.45) is -0.0724. The fourth-order valence-corrected chi connectivity index (χ4v) is 1.96. The van der Waals surface area contributed by atoms with Crippen LogP contribution in [-0.4, -0.2) is 22.8 Å². The van der Waals surface area contributed by atoms with Crippen LogP contribution in [0.2, 0.25) is 0 Å². The first-order valence-electron chi connectivity index (χ1n) is 6.60. The summed E-state index contributed by atoms with van der Waals surface area (Å²) in [7, 11) is 0. The molecule has 0 saturated heterocycles. The Kier molecular flexibility index (Phi) is 4.41. The largest absolute Gasteiger partial charge is 0.481 e. The number of rotatable bonds is 5. The number of hydrogen-bond donors (Lipinski definition) is 2. The third-order valence-electron chi connectivity index (χ3n) is 3.08. The second kappa shape index (κ2) is 6.26. The van der Waals surface area contributed by atoms with E-state index < -0.39 is 5.97 Å². The van der Waals surface area contributed by atoms with E-state index >= 15 is 0 Å². The molecule has 114 valence electrons. The highest BCUT2D eigenvalue weighted by atomic mass is 16.4. The first-order valence-corrected chi connectivity index (χ1v) is 6.60. The van der Waals surface area contributed by atoms with Crippen LogP contribution < -0.4 is 5.32 Å². The van der Waals surface area contributed by atoms with Crippen molar-refractivity contribution in [2.24, 2.45) is 0 Å². The van der Waals surface area contributed by atoms with Crippen LogP contribution >= 0.6 is 0 Å². The van der Waals surface area contributed by atoms with Crippen LogP contribution in [0.15, 0.2) is 34.7 Å². The zero-order valence-corrected chi connectivity index (χ0v) is 12.2. The Labute approximate surface area is 126 Å². The fraction of sp³-hybridized carbons (Fsp3) is 0.188. The maximum atomic E-state index is 12.2. The standard InChI is InChI=1S/C16H15NO5/c1-9(18)14-8-13(10(2)22-14)16(21)17-12-5-3-11(4-6-12)7-15(19)20/h3-6,8H,7H2,1-2H3,(H,17,21)(H,19,20). The first kappa shape index (κ1) is 15.5. The molecule has 0 aliphatic rings. The summed E-state index contributed by atoms with van der Waals surface area (Å²) >= 11 is 0. The van der Waals surface area contributed by atoms with Crippen molar-refractivity contribution < 1.29 is 23.9 Å². The van der Waals surface area contributed by atoms with E-state index in [9.17, 15) is 14.4 Å². The number of anilines is 1. The average Bonchev–Trinajstić information content (AvgIpc) is 2.83. The van der Waals surface area contributed by atoms with Gasteiger partial charge in [0.25, 0.3) is 5.91 Å². The van der Waals surface area contributed by atoms with Crippen LogP contribution in [0.25, 0.3) is 0 Å². The molecule has 2 rings (SSSR count). The Bertz CT molecular complexity index is 727. The van der Waals surface area contributed by atoms with Gasteiger partial charge in [-0.1, -0.05) is 12.1 Å². The number of carboxylic acids is 1. The molecule has 0 aliphatic carbocycles. The summed E-state index contributed by atoms with van der Waals surface area (Å²) in [5.41, 5.74) is 1.47. The lowest BCUT2D eigenvalue weighted by Crippen LogP contribution is -2.12. The number of carboxylic acid groups (broad SMARTS) is 1. The lowest BCUT2D eigenvalue weighted by molar-refractivity contribution is -0.136. The Hall–Kier alpha value is -2.89. The highest BCUT2D eigenvalue weighted by Crippen LogP contribution is 2.18. The third kappa shape index (κ3) is 3.60. The summed E-state index contributed by atoms with van der Waals surface area (Å²) < 4.78 is 5.22. The van der Waals surface area contributed by atoms with Crippen molar-refractivity contribution in [2.75, 3.05) is 5.32 Å². The molecule has 0 fully saturated rings. The second-order valence-electron chi connectivity index (χ2n) is 4.86. The number of aryl methyl sites for hydroxylation is 1. The summed E-state index contributed by atoms with van der Waals surface area (Å²) in [6.45, 7) is 2.97. The number of hydrogen-bond acceptors (Lipinski definition) is 4. The van der Waals surface area contributed by atoms with E-state index in [0.29, 0.717) is 22.6 Å². The summed E-state index contributed by atoms with van der Waals surface area (Å²) in [5, 5.41) is 11.4. The molecule has 6 nitrogen and oxygen atoms in total. The lowest BCUT2D eigenvalue weighted by atomic mass is 10.1. The predicted octanol–water partition coefficient (Wildman–Crippen LogP) is 2.67. The summed E-state index contributed by atoms with van der Waals surface area (Å²) in [5.74, 6) is -1.05. The van der Waals surface area contributed by atoms with Gasteiger partial charge in [0.05, 0.1) is 12.0 Å². The quantitative estimate of drug-likeness (QED) is 0.828. The van der Waals surface area contributed by atoms with Crippen molar-refractivity contribution in [2.45, 2.75) is 20.3 Å². The maximum Gasteiger partial charge on any atom is 0.307 e. The van der Waals surface area contributed by atoms with E-state index in [1.165, 1.54) is 13.0 Å². The molecule has 0 unspecified atom stereocenters. The van der Waals surface area contributed by atoms with Gasteiger partial charge in [-0.15, -0.1) is 0 Å². The SMILES string of the molecule is CC(=O)c1cc(C(=O)Nc2ccc(CC(=O)O)cc2)c(C)o1. The first-order chi connectivity index (χ1) is 10.4. The number of ketones is 1. The Morgan fingerprint density at radius 3 is 2.32 bits per heavy atom. The molecule has 1 aromatic heterocycles. The molecule has 2 aromatic rings. The van der Waals surface area contributed by atoms with Gasteiger partial charge in [0.1, 0.15) is 5.76 Å². The molecular weight excluding hydrogens is 286 g/mol. The van der Waals surface area contributed by atoms with Gasteiger partial charge in [-0.3, -0.25) is 14.4 Å². The van der Waals surface area contributed by atoms with Crippen LogP contribution in [0.1, 0.15) is 39.2 Å². The number of amides is 1. The number of carbonyl (C=O) groups is 3. The minimum absolute atomic E-state index is 0.0724. The van der Waals surface area contributed by atoms with Crippen LogP contribution in [0, 0.1) is 6.92 Å². The van der Waals surface area contributed by atoms with Gasteiger partial charge >= 0.3 is 5.97 Å². The monoisotopic (exact) mass is 301 g/mol. The lowest BCUT2D eigenvalue weighted by Gasteiger charge is -2.05. The molecule has 0 saturated carbocycles. The molecular formula is C16H15NO5. The van der Waals surface area contributed by atoms with Crippen molar-refractivity contribution in [1.29, 1.82) is 0 Å². The zero-order valence-electron chi connectivity index (χ0n) is 12.2. The van der Waals surface area contributed by atoms with Crippen molar-refractivity contribution in [3.8, 4) is 0 Å². The zero-order chi connectivity index (χ0) is 16.3. The highest BCUT2D eigenvalue weighted by Gasteiger charge is 2.17. The molecule has 1 heterocycles. The number of benzene rings is 1. The van der Waals surface area contributed by atoms with E-state index in [0.717, 1.165) is 0 Å². The van der Waals surface area contributed by atoms with Crippen LogP contribution in [0.3, 0.4) is 0 Å². The Morgan fingerprint density at radius 1 is 1.18 bits per heavy atom. The molecule has 1 amide bonds. The van der Waals surface area contributed by atoms with Crippen LogP contribution in [0.5, 0.6) is 0 Å². The van der Waals surface area contributed by atoms with Gasteiger partial charge in [-0.2, -0.15) is 0 Å². The number of carbonyl (C=O) groups excluding carboxylic acids is 2. The molecule has 1 aromatic carbocycles. The van der Waals surface area contributed by atoms with Gasteiger partial charge in [0.2, 0.25) is 0 Å². The average molecular weight is 301 g/mol. The summed E-state index contributed by atoms with van der Waals surface area (Å²) in [6, 6.07) is 7.92. The normalized spacial score (nSPS) is 10.3. The van der Waals surface area contributed by atoms with Crippen molar-refractivity contribution >= 4 is 23.3 Å². The third-order valence-corrected chi connectivity index (χ3v) is 3.08. The van der Waals surface area contributed by atoms with Crippen LogP contribution in [-0.2, 0) is 11.2 Å². The molecule has 0 radical (unpaired) electrons. The molecule has 22 heavy (non-hydrogen) atoms. The number of Topliss-reactive ketones (excluding diaryl/α,β-unsaturated/α-hetero) is 1. The van der Waals surface area contributed by atoms with Gasteiger partial charge < -0.3 is 14.8 Å². The van der Waals surface area contributed by atoms with E-state index in [1.54, 1.807) is 31.2 Å². The molecule has 2 N–H and O–H groups in total. The van der Waals surface area contributed by atoms with Gasteiger partial charge in [0.15, 0.2) is 11.5 Å². The van der Waals surface area contributed by atoms with Gasteiger partial charge in [-0.05, 0) is 24.6 Å². The van der Waals surface area contributed by atoms with E-state index in [2.05, 4.69) is 5.32 Å². The molecule has 0 bridgehead atoms. The van der Waals surface area contributed by atoms with E-state index in [1.807, 2.05) is 0 Å². The Morgan fingerprint density at radius 2 is 1.82 bits per heavy atom. The van der Waals surface area contributed by atoms with Gasteiger partial charge in [-0.25, -0.2) is 0 Å². The van der Waals surface area contributed by atoms with Crippen molar-refractivity contribution in [3.63, 3.8) is 0 Å². The van der Waals surface area contributed by atoms with Crippen molar-refractivity contribution in [3.05, 3.63) is 53.0 Å². The van der Waals surface area contributed by atoms with E-state index in [-0.39, 0.29) is 23.9 Å². The molecule has 0 aliphatic heterocycles. The highest BCUT2D eigenvalue weighted by molar-refractivity contribution is 6.06. The minimum atomic E-state index is -0.914.